The number of nitrogens with zero attached hydrogens (tertiary/aromatic N) is 1. The van der Waals surface area contributed by atoms with Crippen molar-refractivity contribution in [3.05, 3.63) is 11.1 Å². The molecule has 2 rings (SSSR count). The van der Waals surface area contributed by atoms with E-state index in [-0.39, 0.29) is 5.97 Å². The van der Waals surface area contributed by atoms with Gasteiger partial charge in [-0.3, -0.25) is 4.79 Å². The predicted molar refractivity (Wildman–Crippen MR) is 68.3 cm³/mol. The highest BCUT2D eigenvalue weighted by molar-refractivity contribution is 7.13. The summed E-state index contributed by atoms with van der Waals surface area (Å²) in [6.45, 7) is 1.03. The lowest BCUT2D eigenvalue weighted by Gasteiger charge is -2.25. The molecule has 0 atom stereocenters. The molecule has 0 bridgehead atoms. The van der Waals surface area contributed by atoms with Crippen LogP contribution in [0.1, 0.15) is 31.4 Å². The first-order chi connectivity index (χ1) is 8.28. The maximum absolute atomic E-state index is 11.0. The zero-order valence-corrected chi connectivity index (χ0v) is 10.9. The molecule has 1 aliphatic rings. The molecule has 0 saturated heterocycles. The van der Waals surface area contributed by atoms with Gasteiger partial charge in [-0.05, 0) is 18.8 Å². The Morgan fingerprint density at radius 3 is 3.12 bits per heavy atom. The van der Waals surface area contributed by atoms with E-state index in [4.69, 9.17) is 0 Å². The molecule has 1 heterocycles. The molecule has 5 heteroatoms. The third-order valence-corrected chi connectivity index (χ3v) is 3.98. The van der Waals surface area contributed by atoms with Gasteiger partial charge >= 0.3 is 5.97 Å². The van der Waals surface area contributed by atoms with Gasteiger partial charge in [-0.25, -0.2) is 4.98 Å². The Kier molecular flexibility index (Phi) is 4.36. The average Bonchev–Trinajstić information content (AvgIpc) is 2.72. The third-order valence-electron chi connectivity index (χ3n) is 3.13. The number of hydrogen-bond acceptors (Lipinski definition) is 5. The van der Waals surface area contributed by atoms with Crippen LogP contribution in [0.25, 0.3) is 0 Å². The summed E-state index contributed by atoms with van der Waals surface area (Å²) in [6, 6.07) is 0. The molecule has 0 aliphatic heterocycles. The number of rotatable bonds is 6. The van der Waals surface area contributed by atoms with Crippen molar-refractivity contribution in [1.29, 1.82) is 0 Å². The van der Waals surface area contributed by atoms with Crippen molar-refractivity contribution in [2.75, 3.05) is 19.0 Å². The van der Waals surface area contributed by atoms with Crippen LogP contribution in [0.2, 0.25) is 0 Å². The van der Waals surface area contributed by atoms with Gasteiger partial charge in [0.1, 0.15) is 0 Å². The predicted octanol–water partition coefficient (Wildman–Crippen LogP) is 2.46. The van der Waals surface area contributed by atoms with Crippen molar-refractivity contribution >= 4 is 22.4 Å². The van der Waals surface area contributed by atoms with E-state index in [0.717, 1.165) is 23.3 Å². The zero-order chi connectivity index (χ0) is 12.1. The van der Waals surface area contributed by atoms with Gasteiger partial charge in [0, 0.05) is 18.3 Å². The lowest BCUT2D eigenvalue weighted by atomic mass is 9.86. The minimum atomic E-state index is -0.179. The van der Waals surface area contributed by atoms with E-state index >= 15 is 0 Å². The molecule has 0 unspecified atom stereocenters. The molecule has 4 nitrogen and oxygen atoms in total. The van der Waals surface area contributed by atoms with Crippen LogP contribution in [0.4, 0.5) is 5.13 Å². The van der Waals surface area contributed by atoms with E-state index in [0.29, 0.717) is 12.8 Å². The van der Waals surface area contributed by atoms with E-state index in [1.54, 1.807) is 11.3 Å². The SMILES string of the molecule is COC(=O)CCc1csc(NCC2CCC2)n1. The summed E-state index contributed by atoms with van der Waals surface area (Å²) in [6.07, 6.45) is 5.12. The topological polar surface area (TPSA) is 51.2 Å². The average molecular weight is 254 g/mol. The molecule has 1 aromatic heterocycles. The summed E-state index contributed by atoms with van der Waals surface area (Å²) >= 11 is 1.61. The Hall–Kier alpha value is -1.10. The Labute approximate surface area is 105 Å². The first-order valence-electron chi connectivity index (χ1n) is 6.03. The van der Waals surface area contributed by atoms with E-state index in [1.165, 1.54) is 26.4 Å². The first kappa shape index (κ1) is 12.4. The van der Waals surface area contributed by atoms with Crippen molar-refractivity contribution in [3.8, 4) is 0 Å². The largest absolute Gasteiger partial charge is 0.469 e. The summed E-state index contributed by atoms with van der Waals surface area (Å²) in [4.78, 5) is 15.4. The molecule has 0 aromatic carbocycles. The molecule has 1 saturated carbocycles. The molecule has 94 valence electrons. The fourth-order valence-corrected chi connectivity index (χ4v) is 2.52. The van der Waals surface area contributed by atoms with Crippen molar-refractivity contribution < 1.29 is 9.53 Å². The Morgan fingerprint density at radius 2 is 2.47 bits per heavy atom. The molecule has 1 aliphatic carbocycles. The Morgan fingerprint density at radius 1 is 1.65 bits per heavy atom. The van der Waals surface area contributed by atoms with Gasteiger partial charge in [0.25, 0.3) is 0 Å². The first-order valence-corrected chi connectivity index (χ1v) is 6.91. The molecule has 1 N–H and O–H groups in total. The van der Waals surface area contributed by atoms with Crippen molar-refractivity contribution in [2.45, 2.75) is 32.1 Å². The number of nitrogens with one attached hydrogen (secondary N) is 1. The summed E-state index contributed by atoms with van der Waals surface area (Å²) < 4.78 is 4.60. The van der Waals surface area contributed by atoms with Gasteiger partial charge in [-0.2, -0.15) is 0 Å². The molecule has 1 aromatic rings. The maximum Gasteiger partial charge on any atom is 0.305 e. The number of aryl methyl sites for hydroxylation is 1. The Bertz CT molecular complexity index is 374. The highest BCUT2D eigenvalue weighted by Crippen LogP contribution is 2.27. The molecule has 0 spiro atoms. The van der Waals surface area contributed by atoms with Crippen LogP contribution < -0.4 is 5.32 Å². The van der Waals surface area contributed by atoms with Gasteiger partial charge in [0.2, 0.25) is 0 Å². The second kappa shape index (κ2) is 6.00. The molecule has 0 radical (unpaired) electrons. The van der Waals surface area contributed by atoms with Crippen LogP contribution in [0, 0.1) is 5.92 Å². The molecule has 1 fully saturated rings. The van der Waals surface area contributed by atoms with Crippen LogP contribution in [0.15, 0.2) is 5.38 Å². The van der Waals surface area contributed by atoms with Gasteiger partial charge in [0.15, 0.2) is 5.13 Å². The van der Waals surface area contributed by atoms with E-state index < -0.39 is 0 Å². The molecule has 0 amide bonds. The minimum Gasteiger partial charge on any atom is -0.469 e. The van der Waals surface area contributed by atoms with Crippen LogP contribution in [0.5, 0.6) is 0 Å². The number of ether oxygens (including phenoxy) is 1. The second-order valence-corrected chi connectivity index (χ2v) is 5.26. The maximum atomic E-state index is 11.0. The summed E-state index contributed by atoms with van der Waals surface area (Å²) in [7, 11) is 1.41. The van der Waals surface area contributed by atoms with Crippen molar-refractivity contribution in [3.63, 3.8) is 0 Å². The number of esters is 1. The fourth-order valence-electron chi connectivity index (χ4n) is 1.76. The Balaban J connectivity index is 1.72. The van der Waals surface area contributed by atoms with Crippen molar-refractivity contribution in [2.24, 2.45) is 5.92 Å². The number of anilines is 1. The van der Waals surface area contributed by atoms with Gasteiger partial charge in [-0.1, -0.05) is 6.42 Å². The molecular formula is C12H18N2O2S. The van der Waals surface area contributed by atoms with Crippen LogP contribution in [-0.2, 0) is 16.0 Å². The lowest BCUT2D eigenvalue weighted by Crippen LogP contribution is -2.20. The minimum absolute atomic E-state index is 0.179. The highest BCUT2D eigenvalue weighted by atomic mass is 32.1. The van der Waals surface area contributed by atoms with E-state index in [9.17, 15) is 4.79 Å². The standard InChI is InChI=1S/C12H18N2O2S/c1-16-11(15)6-5-10-8-17-12(14-10)13-7-9-3-2-4-9/h8-9H,2-7H2,1H3,(H,13,14). The quantitative estimate of drug-likeness (QED) is 0.792. The van der Waals surface area contributed by atoms with Crippen LogP contribution in [0.3, 0.4) is 0 Å². The normalized spacial score (nSPS) is 15.4. The van der Waals surface area contributed by atoms with Gasteiger partial charge < -0.3 is 10.1 Å². The van der Waals surface area contributed by atoms with E-state index in [1.807, 2.05) is 5.38 Å². The van der Waals surface area contributed by atoms with Crippen LogP contribution in [-0.4, -0.2) is 24.6 Å². The lowest BCUT2D eigenvalue weighted by molar-refractivity contribution is -0.140. The number of carbonyl (C=O) groups is 1. The van der Waals surface area contributed by atoms with Crippen molar-refractivity contribution in [1.82, 2.24) is 4.98 Å². The van der Waals surface area contributed by atoms with E-state index in [2.05, 4.69) is 15.0 Å². The zero-order valence-electron chi connectivity index (χ0n) is 10.1. The third kappa shape index (κ3) is 3.70. The summed E-state index contributed by atoms with van der Waals surface area (Å²) in [5.41, 5.74) is 0.969. The summed E-state index contributed by atoms with van der Waals surface area (Å²) in [5, 5.41) is 6.34. The fraction of sp³-hybridized carbons (Fsp3) is 0.667. The monoisotopic (exact) mass is 254 g/mol. The smallest absolute Gasteiger partial charge is 0.305 e. The number of methoxy groups -OCH3 is 1. The molecule has 17 heavy (non-hydrogen) atoms. The van der Waals surface area contributed by atoms with Crippen LogP contribution >= 0.6 is 11.3 Å². The number of carbonyl (C=O) groups excluding carboxylic acids is 1. The summed E-state index contributed by atoms with van der Waals surface area (Å²) in [5.74, 6) is 0.652. The van der Waals surface area contributed by atoms with Gasteiger partial charge in [-0.15, -0.1) is 11.3 Å². The highest BCUT2D eigenvalue weighted by Gasteiger charge is 2.17. The number of hydrogen-bond donors (Lipinski definition) is 1. The number of thiazole rings is 1. The second-order valence-electron chi connectivity index (χ2n) is 4.40. The number of aromatic nitrogens is 1. The molecular weight excluding hydrogens is 236 g/mol. The van der Waals surface area contributed by atoms with Gasteiger partial charge in [0.05, 0.1) is 19.2 Å².